The van der Waals surface area contributed by atoms with Gasteiger partial charge in [0.25, 0.3) is 0 Å². The second kappa shape index (κ2) is 11.4. The summed E-state index contributed by atoms with van der Waals surface area (Å²) in [5.41, 5.74) is 6.74. The first kappa shape index (κ1) is 27.0. The van der Waals surface area contributed by atoms with Crippen molar-refractivity contribution in [1.29, 1.82) is 0 Å². The first-order valence-electron chi connectivity index (χ1n) is 14.4. The lowest BCUT2D eigenvalue weighted by Gasteiger charge is -2.21. The van der Waals surface area contributed by atoms with Crippen molar-refractivity contribution < 1.29 is 14.3 Å². The van der Waals surface area contributed by atoms with Crippen molar-refractivity contribution in [3.05, 3.63) is 77.6 Å². The van der Waals surface area contributed by atoms with Crippen LogP contribution in [0, 0.1) is 6.92 Å². The number of imidazole rings is 1. The minimum absolute atomic E-state index is 0.124. The lowest BCUT2D eigenvalue weighted by Crippen LogP contribution is -2.27. The molecular weight excluding hydrogens is 514 g/mol. The monoisotopic (exact) mass is 551 g/mol. The lowest BCUT2D eigenvalue weighted by atomic mass is 9.97. The number of ketones is 1. The number of Topliss-reactive ketones (excluding diaryl/α,β-unsaturated/α-hetero) is 1. The number of methoxy groups -OCH3 is 2. The van der Waals surface area contributed by atoms with Crippen molar-refractivity contribution in [1.82, 2.24) is 24.3 Å². The van der Waals surface area contributed by atoms with Crippen LogP contribution < -0.4 is 14.8 Å². The maximum Gasteiger partial charge on any atom is 0.179 e. The number of fused-ring (bicyclic) bond motifs is 2. The Bertz CT molecular complexity index is 1730. The predicted molar refractivity (Wildman–Crippen MR) is 161 cm³/mol. The molecule has 1 aliphatic rings. The van der Waals surface area contributed by atoms with Gasteiger partial charge in [0.15, 0.2) is 5.78 Å². The number of aryl methyl sites for hydroxylation is 3. The molecule has 2 aromatic carbocycles. The second-order valence-electron chi connectivity index (χ2n) is 10.9. The van der Waals surface area contributed by atoms with Gasteiger partial charge in [-0.3, -0.25) is 14.2 Å². The van der Waals surface area contributed by atoms with E-state index >= 15 is 0 Å². The summed E-state index contributed by atoms with van der Waals surface area (Å²) < 4.78 is 15.5. The number of rotatable bonds is 9. The Hall–Kier alpha value is -4.17. The summed E-state index contributed by atoms with van der Waals surface area (Å²) in [5.74, 6) is 3.24. The predicted octanol–water partition coefficient (Wildman–Crippen LogP) is 5.89. The number of carbonyl (C=O) groups excluding carboxylic acids is 1. The summed E-state index contributed by atoms with van der Waals surface area (Å²) in [6.45, 7) is 4.07. The smallest absolute Gasteiger partial charge is 0.179 e. The molecule has 8 nitrogen and oxygen atoms in total. The van der Waals surface area contributed by atoms with Gasteiger partial charge >= 0.3 is 0 Å². The largest absolute Gasteiger partial charge is 0.496 e. The maximum absolute atomic E-state index is 13.2. The van der Waals surface area contributed by atoms with E-state index in [1.807, 2.05) is 55.2 Å². The Morgan fingerprint density at radius 2 is 1.88 bits per heavy atom. The number of nitrogens with one attached hydrogen (secondary N) is 1. The molecule has 1 aliphatic heterocycles. The number of ether oxygens (including phenoxy) is 2. The normalized spacial score (nSPS) is 14.1. The van der Waals surface area contributed by atoms with Crippen molar-refractivity contribution in [2.45, 2.75) is 44.9 Å². The van der Waals surface area contributed by atoms with Crippen LogP contribution in [0.4, 0.5) is 0 Å². The van der Waals surface area contributed by atoms with E-state index in [1.54, 1.807) is 14.2 Å². The summed E-state index contributed by atoms with van der Waals surface area (Å²) in [6.07, 6.45) is 7.97. The highest BCUT2D eigenvalue weighted by Crippen LogP contribution is 2.35. The fraction of sp³-hybridized carbons (Fsp3) is 0.364. The highest BCUT2D eigenvalue weighted by molar-refractivity contribution is 6.01. The zero-order valence-electron chi connectivity index (χ0n) is 24.2. The summed E-state index contributed by atoms with van der Waals surface area (Å²) in [5, 5.41) is 4.41. The summed E-state index contributed by atoms with van der Waals surface area (Å²) in [4.78, 5) is 23.0. The van der Waals surface area contributed by atoms with Gasteiger partial charge in [0.05, 0.1) is 42.3 Å². The number of hydrogen-bond donors (Lipinski definition) is 1. The molecule has 5 aromatic rings. The van der Waals surface area contributed by atoms with Crippen LogP contribution in [-0.4, -0.2) is 52.0 Å². The highest BCUT2D eigenvalue weighted by atomic mass is 16.5. The van der Waals surface area contributed by atoms with Crippen LogP contribution in [0.2, 0.25) is 0 Å². The minimum Gasteiger partial charge on any atom is -0.496 e. The van der Waals surface area contributed by atoms with Gasteiger partial charge in [0.1, 0.15) is 17.3 Å². The third kappa shape index (κ3) is 4.97. The molecular formula is C33H37N5O3. The first-order chi connectivity index (χ1) is 20.0. The van der Waals surface area contributed by atoms with Crippen LogP contribution in [0.3, 0.4) is 0 Å². The molecule has 1 saturated heterocycles. The van der Waals surface area contributed by atoms with Crippen LogP contribution in [0.15, 0.2) is 54.9 Å². The van der Waals surface area contributed by atoms with E-state index in [0.29, 0.717) is 18.0 Å². The Balaban J connectivity index is 1.23. The molecule has 41 heavy (non-hydrogen) atoms. The molecule has 8 heteroatoms. The summed E-state index contributed by atoms with van der Waals surface area (Å²) >= 11 is 0. The molecule has 0 radical (unpaired) electrons. The number of carbonyl (C=O) groups is 1. The van der Waals surface area contributed by atoms with Gasteiger partial charge in [-0.05, 0) is 75.5 Å². The molecule has 3 aromatic heterocycles. The fourth-order valence-corrected chi connectivity index (χ4v) is 6.23. The zero-order chi connectivity index (χ0) is 28.5. The summed E-state index contributed by atoms with van der Waals surface area (Å²) in [7, 11) is 5.29. The van der Waals surface area contributed by atoms with Gasteiger partial charge < -0.3 is 19.4 Å². The second-order valence-corrected chi connectivity index (χ2v) is 10.9. The van der Waals surface area contributed by atoms with E-state index in [9.17, 15) is 4.79 Å². The number of benzene rings is 2. The van der Waals surface area contributed by atoms with E-state index < -0.39 is 0 Å². The van der Waals surface area contributed by atoms with E-state index in [1.165, 1.54) is 0 Å². The molecule has 0 saturated carbocycles. The lowest BCUT2D eigenvalue weighted by molar-refractivity contribution is 0.0972. The zero-order valence-corrected chi connectivity index (χ0v) is 24.2. The van der Waals surface area contributed by atoms with E-state index in [0.717, 1.165) is 95.0 Å². The average molecular weight is 552 g/mol. The van der Waals surface area contributed by atoms with Gasteiger partial charge in [-0.15, -0.1) is 0 Å². The van der Waals surface area contributed by atoms with Gasteiger partial charge in [0.2, 0.25) is 0 Å². The first-order valence-corrected chi connectivity index (χ1v) is 14.4. The Labute approximate surface area is 240 Å². The van der Waals surface area contributed by atoms with Gasteiger partial charge in [-0.1, -0.05) is 18.2 Å². The summed E-state index contributed by atoms with van der Waals surface area (Å²) in [6, 6.07) is 14.1. The van der Waals surface area contributed by atoms with Crippen LogP contribution >= 0.6 is 0 Å². The Morgan fingerprint density at radius 3 is 2.66 bits per heavy atom. The topological polar surface area (TPSA) is 82.7 Å². The third-order valence-electron chi connectivity index (χ3n) is 8.43. The Kier molecular flexibility index (Phi) is 7.49. The van der Waals surface area contributed by atoms with Crippen molar-refractivity contribution in [2.24, 2.45) is 7.05 Å². The molecule has 0 bridgehead atoms. The van der Waals surface area contributed by atoms with Crippen LogP contribution in [-0.2, 0) is 13.5 Å². The molecule has 0 amide bonds. The standard InChI is InChI=1S/C33H37N5O3/c1-21-32-31(36-33(38(32)18-17-35-21)23-13-15-34-16-14-23)24-12-11-22(30(19-24)41-4)7-5-9-28(39)27-20-25-26(37(27)2)8-6-10-29(25)40-3/h6,8,10-12,17-20,23,34H,5,7,9,13-16H2,1-4H3. The maximum atomic E-state index is 13.2. The van der Waals surface area contributed by atoms with Crippen LogP contribution in [0.25, 0.3) is 27.7 Å². The molecule has 1 N–H and O–H groups in total. The molecule has 4 heterocycles. The molecule has 0 aliphatic carbocycles. The third-order valence-corrected chi connectivity index (χ3v) is 8.43. The van der Waals surface area contributed by atoms with Crippen molar-refractivity contribution >= 4 is 22.2 Å². The van der Waals surface area contributed by atoms with Crippen molar-refractivity contribution in [3.8, 4) is 22.8 Å². The molecule has 0 spiro atoms. The van der Waals surface area contributed by atoms with E-state index in [-0.39, 0.29) is 5.78 Å². The number of aromatic nitrogens is 4. The van der Waals surface area contributed by atoms with E-state index in [2.05, 4.69) is 32.9 Å². The molecule has 212 valence electrons. The average Bonchev–Trinajstić information content (AvgIpc) is 3.57. The van der Waals surface area contributed by atoms with Crippen LogP contribution in [0.1, 0.15) is 59.2 Å². The van der Waals surface area contributed by atoms with E-state index in [4.69, 9.17) is 14.5 Å². The van der Waals surface area contributed by atoms with Gasteiger partial charge in [0, 0.05) is 42.7 Å². The fourth-order valence-electron chi connectivity index (χ4n) is 6.23. The Morgan fingerprint density at radius 1 is 1.07 bits per heavy atom. The number of hydrogen-bond acceptors (Lipinski definition) is 6. The molecule has 0 atom stereocenters. The van der Waals surface area contributed by atoms with Gasteiger partial charge in [-0.25, -0.2) is 4.98 Å². The van der Waals surface area contributed by atoms with Crippen LogP contribution in [0.5, 0.6) is 11.5 Å². The quantitative estimate of drug-likeness (QED) is 0.230. The molecule has 1 fully saturated rings. The van der Waals surface area contributed by atoms with Crippen molar-refractivity contribution in [2.75, 3.05) is 27.3 Å². The molecule has 6 rings (SSSR count). The van der Waals surface area contributed by atoms with Crippen molar-refractivity contribution in [3.63, 3.8) is 0 Å². The highest BCUT2D eigenvalue weighted by Gasteiger charge is 2.24. The number of nitrogens with zero attached hydrogens (tertiary/aromatic N) is 4. The number of piperidine rings is 1. The minimum atomic E-state index is 0.124. The molecule has 0 unspecified atom stereocenters. The van der Waals surface area contributed by atoms with Gasteiger partial charge in [-0.2, -0.15) is 0 Å². The SMILES string of the molecule is COc1cc(-c2nc(C3CCNCC3)n3ccnc(C)c23)ccc1CCCC(=O)c1cc2c(OC)cccc2n1C.